The summed E-state index contributed by atoms with van der Waals surface area (Å²) in [5.41, 5.74) is 5.56. The minimum atomic E-state index is -3.86. The van der Waals surface area contributed by atoms with Crippen LogP contribution in [0, 0.1) is 5.41 Å². The first-order valence-corrected chi connectivity index (χ1v) is 5.44. The van der Waals surface area contributed by atoms with Crippen molar-refractivity contribution < 1.29 is 13.0 Å². The van der Waals surface area contributed by atoms with Crippen molar-refractivity contribution >= 4 is 10.1 Å². The average molecular weight is 195 g/mol. The van der Waals surface area contributed by atoms with Gasteiger partial charge in [0, 0.05) is 6.04 Å². The SMILES string of the molecule is CC(C)(C)C(N)CCS(=O)(=O)O. The first-order chi connectivity index (χ1) is 5.13. The molecule has 0 saturated carbocycles. The molecule has 74 valence electrons. The lowest BCUT2D eigenvalue weighted by Crippen LogP contribution is -2.36. The molecule has 1 unspecified atom stereocenters. The molecular weight excluding hydrogens is 178 g/mol. The Morgan fingerprint density at radius 1 is 1.42 bits per heavy atom. The first kappa shape index (κ1) is 11.9. The lowest BCUT2D eigenvalue weighted by molar-refractivity contribution is 0.312. The highest BCUT2D eigenvalue weighted by atomic mass is 32.2. The highest BCUT2D eigenvalue weighted by molar-refractivity contribution is 7.85. The molecule has 0 spiro atoms. The van der Waals surface area contributed by atoms with E-state index in [1.54, 1.807) is 0 Å². The standard InChI is InChI=1S/C7H17NO3S/c1-7(2,3)6(8)4-5-12(9,10)11/h6H,4-5,8H2,1-3H3,(H,9,10,11). The second-order valence-corrected chi connectivity index (χ2v) is 5.62. The largest absolute Gasteiger partial charge is 0.327 e. The minimum absolute atomic E-state index is 0.120. The van der Waals surface area contributed by atoms with Gasteiger partial charge in [0.2, 0.25) is 0 Å². The first-order valence-electron chi connectivity index (χ1n) is 3.83. The Hall–Kier alpha value is -0.130. The van der Waals surface area contributed by atoms with Crippen LogP contribution in [0.2, 0.25) is 0 Å². The Morgan fingerprint density at radius 3 is 2.08 bits per heavy atom. The van der Waals surface area contributed by atoms with Gasteiger partial charge in [-0.1, -0.05) is 20.8 Å². The van der Waals surface area contributed by atoms with Crippen molar-refractivity contribution in [3.05, 3.63) is 0 Å². The summed E-state index contributed by atoms with van der Waals surface area (Å²) in [6.45, 7) is 5.80. The van der Waals surface area contributed by atoms with Crippen LogP contribution in [0.1, 0.15) is 27.2 Å². The molecule has 5 heteroatoms. The van der Waals surface area contributed by atoms with Gasteiger partial charge in [-0.3, -0.25) is 4.55 Å². The summed E-state index contributed by atoms with van der Waals surface area (Å²) in [5.74, 6) is -0.258. The summed E-state index contributed by atoms with van der Waals surface area (Å²) in [5, 5.41) is 0. The Labute approximate surface area is 73.9 Å². The minimum Gasteiger partial charge on any atom is -0.327 e. The van der Waals surface area contributed by atoms with E-state index in [1.165, 1.54) is 0 Å². The highest BCUT2D eigenvalue weighted by Gasteiger charge is 2.21. The third-order valence-electron chi connectivity index (χ3n) is 1.80. The van der Waals surface area contributed by atoms with Crippen LogP contribution < -0.4 is 5.73 Å². The summed E-state index contributed by atoms with van der Waals surface area (Å²) in [6.07, 6.45) is 0.294. The molecule has 0 aromatic carbocycles. The smallest absolute Gasteiger partial charge is 0.264 e. The monoisotopic (exact) mass is 195 g/mol. The number of rotatable bonds is 3. The fourth-order valence-electron chi connectivity index (χ4n) is 0.709. The highest BCUT2D eigenvalue weighted by Crippen LogP contribution is 2.19. The maximum absolute atomic E-state index is 10.4. The summed E-state index contributed by atoms with van der Waals surface area (Å²) in [6, 6.07) is -0.209. The molecule has 0 bridgehead atoms. The van der Waals surface area contributed by atoms with Crippen LogP contribution in [-0.2, 0) is 10.1 Å². The van der Waals surface area contributed by atoms with E-state index in [4.69, 9.17) is 10.3 Å². The molecule has 0 aromatic rings. The van der Waals surface area contributed by atoms with Crippen LogP contribution in [0.3, 0.4) is 0 Å². The third-order valence-corrected chi connectivity index (χ3v) is 2.55. The molecule has 0 rings (SSSR count). The van der Waals surface area contributed by atoms with Crippen LogP contribution in [0.5, 0.6) is 0 Å². The van der Waals surface area contributed by atoms with Crippen LogP contribution in [0.25, 0.3) is 0 Å². The fraction of sp³-hybridized carbons (Fsp3) is 1.00. The van der Waals surface area contributed by atoms with Gasteiger partial charge in [0.15, 0.2) is 0 Å². The van der Waals surface area contributed by atoms with Crippen LogP contribution >= 0.6 is 0 Å². The Balaban J connectivity index is 3.97. The number of nitrogens with two attached hydrogens (primary N) is 1. The van der Waals surface area contributed by atoms with Crippen molar-refractivity contribution in [3.63, 3.8) is 0 Å². The van der Waals surface area contributed by atoms with E-state index in [-0.39, 0.29) is 17.2 Å². The van der Waals surface area contributed by atoms with E-state index in [0.29, 0.717) is 6.42 Å². The lowest BCUT2D eigenvalue weighted by atomic mass is 9.86. The van der Waals surface area contributed by atoms with Gasteiger partial charge in [-0.05, 0) is 11.8 Å². The van der Waals surface area contributed by atoms with Gasteiger partial charge < -0.3 is 5.73 Å². The fourth-order valence-corrected chi connectivity index (χ4v) is 1.26. The van der Waals surface area contributed by atoms with Crippen molar-refractivity contribution in [3.8, 4) is 0 Å². The van der Waals surface area contributed by atoms with Crippen LogP contribution in [0.4, 0.5) is 0 Å². The zero-order valence-corrected chi connectivity index (χ0v) is 8.56. The molecule has 0 heterocycles. The molecule has 0 amide bonds. The Morgan fingerprint density at radius 2 is 1.83 bits per heavy atom. The molecule has 0 radical (unpaired) electrons. The molecular formula is C7H17NO3S. The Kier molecular flexibility index (Phi) is 3.68. The second-order valence-electron chi connectivity index (χ2n) is 4.05. The van der Waals surface area contributed by atoms with Gasteiger partial charge in [-0.2, -0.15) is 8.42 Å². The summed E-state index contributed by atoms with van der Waals surface area (Å²) in [4.78, 5) is 0. The third kappa shape index (κ3) is 5.51. The van der Waals surface area contributed by atoms with Gasteiger partial charge in [0.1, 0.15) is 0 Å². The lowest BCUT2D eigenvalue weighted by Gasteiger charge is -2.26. The van der Waals surface area contributed by atoms with E-state index in [2.05, 4.69) is 0 Å². The van der Waals surface area contributed by atoms with Crippen molar-refractivity contribution in [2.24, 2.45) is 11.1 Å². The van der Waals surface area contributed by atoms with E-state index in [9.17, 15) is 8.42 Å². The molecule has 0 aliphatic heterocycles. The summed E-state index contributed by atoms with van der Waals surface area (Å²) in [7, 11) is -3.86. The maximum atomic E-state index is 10.4. The summed E-state index contributed by atoms with van der Waals surface area (Å²) >= 11 is 0. The van der Waals surface area contributed by atoms with E-state index in [1.807, 2.05) is 20.8 Å². The zero-order valence-electron chi connectivity index (χ0n) is 7.74. The van der Waals surface area contributed by atoms with Crippen molar-refractivity contribution in [1.29, 1.82) is 0 Å². The number of hydrogen-bond donors (Lipinski definition) is 2. The van der Waals surface area contributed by atoms with E-state index in [0.717, 1.165) is 0 Å². The van der Waals surface area contributed by atoms with Crippen molar-refractivity contribution in [2.75, 3.05) is 5.75 Å². The molecule has 0 saturated heterocycles. The molecule has 0 aromatic heterocycles. The summed E-state index contributed by atoms with van der Waals surface area (Å²) < 4.78 is 29.2. The molecule has 0 aliphatic rings. The van der Waals surface area contributed by atoms with Gasteiger partial charge in [0.25, 0.3) is 10.1 Å². The van der Waals surface area contributed by atoms with Gasteiger partial charge in [0.05, 0.1) is 5.75 Å². The van der Waals surface area contributed by atoms with E-state index >= 15 is 0 Å². The molecule has 0 fully saturated rings. The maximum Gasteiger partial charge on any atom is 0.264 e. The average Bonchev–Trinajstić information content (AvgIpc) is 1.78. The Bertz CT molecular complexity index is 228. The zero-order chi connectivity index (χ0) is 9.99. The molecule has 12 heavy (non-hydrogen) atoms. The van der Waals surface area contributed by atoms with Gasteiger partial charge in [-0.25, -0.2) is 0 Å². The van der Waals surface area contributed by atoms with Crippen LogP contribution in [-0.4, -0.2) is 24.8 Å². The predicted molar refractivity (Wildman–Crippen MR) is 48.5 cm³/mol. The quantitative estimate of drug-likeness (QED) is 0.647. The second kappa shape index (κ2) is 3.72. The van der Waals surface area contributed by atoms with Crippen LogP contribution in [0.15, 0.2) is 0 Å². The normalized spacial score (nSPS) is 16.1. The topological polar surface area (TPSA) is 80.4 Å². The van der Waals surface area contributed by atoms with Crippen molar-refractivity contribution in [1.82, 2.24) is 0 Å². The number of hydrogen-bond acceptors (Lipinski definition) is 3. The van der Waals surface area contributed by atoms with Gasteiger partial charge >= 0.3 is 0 Å². The van der Waals surface area contributed by atoms with Gasteiger partial charge in [-0.15, -0.1) is 0 Å². The molecule has 4 nitrogen and oxygen atoms in total. The van der Waals surface area contributed by atoms with E-state index < -0.39 is 10.1 Å². The molecule has 1 atom stereocenters. The van der Waals surface area contributed by atoms with Crippen molar-refractivity contribution in [2.45, 2.75) is 33.2 Å². The predicted octanol–water partition coefficient (Wildman–Crippen LogP) is 0.638. The molecule has 3 N–H and O–H groups in total. The molecule has 0 aliphatic carbocycles.